The van der Waals surface area contributed by atoms with Gasteiger partial charge in [-0.25, -0.2) is 0 Å². The highest BCUT2D eigenvalue weighted by molar-refractivity contribution is 8.00. The molecular weight excluding hydrogens is 168 g/mol. The van der Waals surface area contributed by atoms with Crippen molar-refractivity contribution in [2.45, 2.75) is 38.9 Å². The average Bonchev–Trinajstić information content (AvgIpc) is 2.04. The lowest BCUT2D eigenvalue weighted by molar-refractivity contribution is 0.636. The molecule has 2 unspecified atom stereocenters. The fourth-order valence-corrected chi connectivity index (χ4v) is 2.04. The van der Waals surface area contributed by atoms with Crippen LogP contribution in [0.15, 0.2) is 0 Å². The van der Waals surface area contributed by atoms with E-state index in [1.165, 1.54) is 6.42 Å². The Morgan fingerprint density at radius 3 is 2.33 bits per heavy atom. The van der Waals surface area contributed by atoms with Crippen LogP contribution in [0.1, 0.15) is 33.6 Å². The highest BCUT2D eigenvalue weighted by atomic mass is 32.2. The standard InChI is InChI=1S/C9H20N2S/c1-4-7(3)6-12-8(5-2)9(10)11/h7-8H,4-6H2,1-3H3,(H3,10,11). The summed E-state index contributed by atoms with van der Waals surface area (Å²) in [6.07, 6.45) is 2.18. The lowest BCUT2D eigenvalue weighted by atomic mass is 10.2. The van der Waals surface area contributed by atoms with Gasteiger partial charge < -0.3 is 5.73 Å². The molecule has 72 valence electrons. The molecule has 0 aromatic heterocycles. The Hall–Kier alpha value is -0.180. The Bertz CT molecular complexity index is 136. The zero-order valence-electron chi connectivity index (χ0n) is 8.26. The smallest absolute Gasteiger partial charge is 0.104 e. The SMILES string of the molecule is CCC(C)CSC(CC)C(=N)N. The van der Waals surface area contributed by atoms with E-state index in [4.69, 9.17) is 11.1 Å². The summed E-state index contributed by atoms with van der Waals surface area (Å²) in [5, 5.41) is 7.55. The molecule has 0 saturated heterocycles. The van der Waals surface area contributed by atoms with E-state index in [0.717, 1.165) is 18.1 Å². The monoisotopic (exact) mass is 188 g/mol. The number of nitrogens with two attached hydrogens (primary N) is 1. The second-order valence-corrected chi connectivity index (χ2v) is 4.43. The molecule has 12 heavy (non-hydrogen) atoms. The molecule has 0 bridgehead atoms. The van der Waals surface area contributed by atoms with Gasteiger partial charge in [0.25, 0.3) is 0 Å². The highest BCUT2D eigenvalue weighted by Crippen LogP contribution is 2.18. The summed E-state index contributed by atoms with van der Waals surface area (Å²) in [5.41, 5.74) is 5.44. The molecule has 3 heteroatoms. The van der Waals surface area contributed by atoms with Gasteiger partial charge in [-0.15, -0.1) is 0 Å². The Morgan fingerprint density at radius 1 is 1.42 bits per heavy atom. The molecule has 0 amide bonds. The molecule has 0 aliphatic carbocycles. The van der Waals surface area contributed by atoms with Crippen LogP contribution in [0.3, 0.4) is 0 Å². The summed E-state index contributed by atoms with van der Waals surface area (Å²) in [6, 6.07) is 0. The molecule has 3 N–H and O–H groups in total. The lowest BCUT2D eigenvalue weighted by Crippen LogP contribution is -2.25. The van der Waals surface area contributed by atoms with Crippen molar-refractivity contribution in [2.24, 2.45) is 11.7 Å². The van der Waals surface area contributed by atoms with Gasteiger partial charge in [0.1, 0.15) is 5.84 Å². The first-order valence-electron chi connectivity index (χ1n) is 4.57. The number of nitrogens with one attached hydrogen (secondary N) is 1. The van der Waals surface area contributed by atoms with Crippen LogP contribution in [0.25, 0.3) is 0 Å². The summed E-state index contributed by atoms with van der Waals surface area (Å²) < 4.78 is 0. The second-order valence-electron chi connectivity index (χ2n) is 3.20. The molecule has 0 aliphatic heterocycles. The van der Waals surface area contributed by atoms with Gasteiger partial charge in [0.2, 0.25) is 0 Å². The zero-order valence-corrected chi connectivity index (χ0v) is 9.08. The third-order valence-corrected chi connectivity index (χ3v) is 3.75. The molecule has 0 radical (unpaired) electrons. The van der Waals surface area contributed by atoms with Crippen LogP contribution < -0.4 is 5.73 Å². The van der Waals surface area contributed by atoms with Gasteiger partial charge in [0.05, 0.1) is 5.25 Å². The van der Waals surface area contributed by atoms with Crippen LogP contribution in [0, 0.1) is 11.3 Å². The largest absolute Gasteiger partial charge is 0.387 e. The minimum atomic E-state index is 0.235. The van der Waals surface area contributed by atoms with E-state index in [1.54, 1.807) is 0 Å². The Balaban J connectivity index is 3.65. The van der Waals surface area contributed by atoms with Gasteiger partial charge in [-0.05, 0) is 18.1 Å². The number of thioether (sulfide) groups is 1. The molecule has 0 aromatic rings. The Morgan fingerprint density at radius 2 is 2.00 bits per heavy atom. The third kappa shape index (κ3) is 4.65. The molecular formula is C9H20N2S. The van der Waals surface area contributed by atoms with E-state index in [0.29, 0.717) is 5.84 Å². The predicted octanol–water partition coefficient (Wildman–Crippen LogP) is 2.48. The molecule has 0 aromatic carbocycles. The molecule has 0 aliphatic rings. The van der Waals surface area contributed by atoms with Crippen LogP contribution in [-0.2, 0) is 0 Å². The van der Waals surface area contributed by atoms with Crippen molar-refractivity contribution in [1.29, 1.82) is 5.41 Å². The minimum absolute atomic E-state index is 0.235. The first kappa shape index (κ1) is 11.8. The predicted molar refractivity (Wildman–Crippen MR) is 57.9 cm³/mol. The van der Waals surface area contributed by atoms with E-state index in [-0.39, 0.29) is 5.25 Å². The maximum Gasteiger partial charge on any atom is 0.104 e. The van der Waals surface area contributed by atoms with Crippen LogP contribution >= 0.6 is 11.8 Å². The number of rotatable bonds is 6. The zero-order chi connectivity index (χ0) is 9.56. The molecule has 0 spiro atoms. The van der Waals surface area contributed by atoms with Crippen molar-refractivity contribution < 1.29 is 0 Å². The van der Waals surface area contributed by atoms with Gasteiger partial charge in [-0.2, -0.15) is 11.8 Å². The van der Waals surface area contributed by atoms with E-state index < -0.39 is 0 Å². The summed E-state index contributed by atoms with van der Waals surface area (Å²) in [7, 11) is 0. The van der Waals surface area contributed by atoms with E-state index in [9.17, 15) is 0 Å². The lowest BCUT2D eigenvalue weighted by Gasteiger charge is -2.15. The van der Waals surface area contributed by atoms with Crippen LogP contribution in [-0.4, -0.2) is 16.8 Å². The molecule has 2 nitrogen and oxygen atoms in total. The normalized spacial score (nSPS) is 15.6. The maximum absolute atomic E-state index is 7.31. The molecule has 0 fully saturated rings. The van der Waals surface area contributed by atoms with Crippen LogP contribution in [0.5, 0.6) is 0 Å². The summed E-state index contributed by atoms with van der Waals surface area (Å²) in [5.74, 6) is 2.18. The maximum atomic E-state index is 7.31. The average molecular weight is 188 g/mol. The number of amidine groups is 1. The molecule has 0 heterocycles. The van der Waals surface area contributed by atoms with Gasteiger partial charge in [-0.3, -0.25) is 5.41 Å². The fourth-order valence-electron chi connectivity index (χ4n) is 0.826. The van der Waals surface area contributed by atoms with E-state index in [1.807, 2.05) is 11.8 Å². The Labute approximate surface area is 79.8 Å². The van der Waals surface area contributed by atoms with Gasteiger partial charge in [0.15, 0.2) is 0 Å². The Kier molecular flexibility index (Phi) is 6.25. The third-order valence-electron chi connectivity index (χ3n) is 2.00. The second kappa shape index (κ2) is 6.35. The number of hydrogen-bond acceptors (Lipinski definition) is 2. The van der Waals surface area contributed by atoms with Crippen LogP contribution in [0.2, 0.25) is 0 Å². The van der Waals surface area contributed by atoms with E-state index >= 15 is 0 Å². The fraction of sp³-hybridized carbons (Fsp3) is 0.889. The summed E-state index contributed by atoms with van der Waals surface area (Å²) in [4.78, 5) is 0. The van der Waals surface area contributed by atoms with Crippen molar-refractivity contribution in [3.8, 4) is 0 Å². The van der Waals surface area contributed by atoms with Crippen molar-refractivity contribution >= 4 is 17.6 Å². The van der Waals surface area contributed by atoms with E-state index in [2.05, 4.69) is 20.8 Å². The topological polar surface area (TPSA) is 49.9 Å². The van der Waals surface area contributed by atoms with Gasteiger partial charge in [0, 0.05) is 0 Å². The van der Waals surface area contributed by atoms with Gasteiger partial charge >= 0.3 is 0 Å². The quantitative estimate of drug-likeness (QED) is 0.497. The van der Waals surface area contributed by atoms with Gasteiger partial charge in [-0.1, -0.05) is 27.2 Å². The van der Waals surface area contributed by atoms with Crippen molar-refractivity contribution in [3.63, 3.8) is 0 Å². The first-order valence-corrected chi connectivity index (χ1v) is 5.62. The molecule has 2 atom stereocenters. The highest BCUT2D eigenvalue weighted by Gasteiger charge is 2.10. The molecule has 0 rings (SSSR count). The summed E-state index contributed by atoms with van der Waals surface area (Å²) >= 11 is 1.81. The van der Waals surface area contributed by atoms with Crippen molar-refractivity contribution in [2.75, 3.05) is 5.75 Å². The molecule has 0 saturated carbocycles. The van der Waals surface area contributed by atoms with Crippen molar-refractivity contribution in [1.82, 2.24) is 0 Å². The first-order chi connectivity index (χ1) is 5.61. The summed E-state index contributed by atoms with van der Waals surface area (Å²) in [6.45, 7) is 6.51. The van der Waals surface area contributed by atoms with Crippen molar-refractivity contribution in [3.05, 3.63) is 0 Å². The minimum Gasteiger partial charge on any atom is -0.387 e. The number of hydrogen-bond donors (Lipinski definition) is 2. The van der Waals surface area contributed by atoms with Crippen LogP contribution in [0.4, 0.5) is 0 Å².